The van der Waals surface area contributed by atoms with E-state index in [1.54, 1.807) is 24.3 Å². The molecular weight excluding hydrogens is 356 g/mol. The zero-order chi connectivity index (χ0) is 19.2. The molecule has 0 atom stereocenters. The standard InChI is InChI=1S/C18H18N2O5S/c1-23-14-4-6-17(7-5-14)26(21,22)18(11-19)12-20-13-8-15(24-2)10-16(9-13)25-3/h4-10,12,20H,1-3H3. The number of allylic oxidation sites excluding steroid dienone is 1. The van der Waals surface area contributed by atoms with Gasteiger partial charge in [0.15, 0.2) is 4.91 Å². The van der Waals surface area contributed by atoms with Gasteiger partial charge in [-0.1, -0.05) is 0 Å². The number of hydrogen-bond acceptors (Lipinski definition) is 7. The van der Waals surface area contributed by atoms with E-state index in [1.807, 2.05) is 0 Å². The van der Waals surface area contributed by atoms with E-state index in [4.69, 9.17) is 14.2 Å². The number of nitrogens with one attached hydrogen (secondary N) is 1. The van der Waals surface area contributed by atoms with Gasteiger partial charge in [-0.3, -0.25) is 0 Å². The van der Waals surface area contributed by atoms with Crippen LogP contribution in [0.3, 0.4) is 0 Å². The Kier molecular flexibility index (Phi) is 6.09. The maximum absolute atomic E-state index is 12.6. The van der Waals surface area contributed by atoms with Gasteiger partial charge in [-0.25, -0.2) is 8.42 Å². The van der Waals surface area contributed by atoms with Gasteiger partial charge in [0.2, 0.25) is 9.84 Å². The summed E-state index contributed by atoms with van der Waals surface area (Å²) in [5.74, 6) is 1.57. The molecule has 0 spiro atoms. The summed E-state index contributed by atoms with van der Waals surface area (Å²) in [6.45, 7) is 0. The van der Waals surface area contributed by atoms with E-state index in [9.17, 15) is 13.7 Å². The lowest BCUT2D eigenvalue weighted by molar-refractivity contribution is 0.395. The predicted octanol–water partition coefficient (Wildman–Crippen LogP) is 2.96. The van der Waals surface area contributed by atoms with Crippen LogP contribution >= 0.6 is 0 Å². The molecule has 0 aromatic heterocycles. The Balaban J connectivity index is 2.33. The SMILES string of the molecule is COc1ccc(S(=O)(=O)C(C#N)=CNc2cc(OC)cc(OC)c2)cc1. The third-order valence-corrected chi connectivity index (χ3v) is 5.17. The maximum atomic E-state index is 12.6. The Bertz CT molecular complexity index is 922. The van der Waals surface area contributed by atoms with E-state index in [-0.39, 0.29) is 4.90 Å². The van der Waals surface area contributed by atoms with Crippen LogP contribution in [0, 0.1) is 11.3 Å². The van der Waals surface area contributed by atoms with E-state index >= 15 is 0 Å². The van der Waals surface area contributed by atoms with Gasteiger partial charge < -0.3 is 19.5 Å². The number of anilines is 1. The van der Waals surface area contributed by atoms with Gasteiger partial charge in [0.05, 0.1) is 26.2 Å². The van der Waals surface area contributed by atoms with Gasteiger partial charge in [-0.05, 0) is 24.3 Å². The van der Waals surface area contributed by atoms with Crippen LogP contribution in [-0.2, 0) is 9.84 Å². The first-order valence-electron chi connectivity index (χ1n) is 7.43. The molecule has 0 aliphatic rings. The van der Waals surface area contributed by atoms with Crippen molar-refractivity contribution in [1.29, 1.82) is 5.26 Å². The van der Waals surface area contributed by atoms with Gasteiger partial charge in [0.25, 0.3) is 0 Å². The zero-order valence-corrected chi connectivity index (χ0v) is 15.3. The number of hydrogen-bond donors (Lipinski definition) is 1. The van der Waals surface area contributed by atoms with Crippen molar-refractivity contribution in [3.63, 3.8) is 0 Å². The van der Waals surface area contributed by atoms with Crippen molar-refractivity contribution in [2.24, 2.45) is 0 Å². The Hall–Kier alpha value is -3.18. The normalized spacial score (nSPS) is 11.4. The number of ether oxygens (including phenoxy) is 3. The van der Waals surface area contributed by atoms with E-state index < -0.39 is 14.7 Å². The summed E-state index contributed by atoms with van der Waals surface area (Å²) < 4.78 is 40.5. The molecule has 2 aromatic carbocycles. The molecule has 0 heterocycles. The fourth-order valence-electron chi connectivity index (χ4n) is 2.09. The number of benzene rings is 2. The van der Waals surface area contributed by atoms with Crippen molar-refractivity contribution in [2.45, 2.75) is 4.90 Å². The molecule has 0 radical (unpaired) electrons. The molecule has 2 rings (SSSR count). The minimum atomic E-state index is -3.96. The molecular formula is C18H18N2O5S. The Morgan fingerprint density at radius 1 is 0.962 bits per heavy atom. The van der Waals surface area contributed by atoms with Gasteiger partial charge in [0.1, 0.15) is 23.3 Å². The Morgan fingerprint density at radius 2 is 1.50 bits per heavy atom. The highest BCUT2D eigenvalue weighted by atomic mass is 32.2. The van der Waals surface area contributed by atoms with E-state index in [0.717, 1.165) is 6.20 Å². The largest absolute Gasteiger partial charge is 0.497 e. The third-order valence-electron chi connectivity index (χ3n) is 3.49. The Morgan fingerprint density at radius 3 is 1.96 bits per heavy atom. The van der Waals surface area contributed by atoms with Crippen LogP contribution in [-0.4, -0.2) is 29.7 Å². The molecule has 0 saturated heterocycles. The molecule has 8 heteroatoms. The molecule has 1 N–H and O–H groups in total. The number of nitrogens with zero attached hydrogens (tertiary/aromatic N) is 1. The molecule has 7 nitrogen and oxygen atoms in total. The van der Waals surface area contributed by atoms with Crippen LogP contribution in [0.25, 0.3) is 0 Å². The number of methoxy groups -OCH3 is 3. The van der Waals surface area contributed by atoms with Crippen molar-refractivity contribution in [2.75, 3.05) is 26.6 Å². The van der Waals surface area contributed by atoms with Crippen molar-refractivity contribution < 1.29 is 22.6 Å². The summed E-state index contributed by atoms with van der Waals surface area (Å²) in [4.78, 5) is -0.430. The summed E-state index contributed by atoms with van der Waals surface area (Å²) in [6.07, 6.45) is 1.13. The highest BCUT2D eigenvalue weighted by Gasteiger charge is 2.21. The molecule has 136 valence electrons. The highest BCUT2D eigenvalue weighted by Crippen LogP contribution is 2.27. The molecule has 0 saturated carbocycles. The summed E-state index contributed by atoms with van der Waals surface area (Å²) >= 11 is 0. The lowest BCUT2D eigenvalue weighted by atomic mass is 10.3. The van der Waals surface area contributed by atoms with Crippen LogP contribution in [0.4, 0.5) is 5.69 Å². The zero-order valence-electron chi connectivity index (χ0n) is 14.5. The molecule has 0 aliphatic carbocycles. The number of sulfone groups is 1. The molecule has 2 aromatic rings. The van der Waals surface area contributed by atoms with Crippen molar-refractivity contribution in [3.05, 3.63) is 53.6 Å². The predicted molar refractivity (Wildman–Crippen MR) is 97.0 cm³/mol. The lowest BCUT2D eigenvalue weighted by Crippen LogP contribution is -2.06. The lowest BCUT2D eigenvalue weighted by Gasteiger charge is -2.09. The fraction of sp³-hybridized carbons (Fsp3) is 0.167. The second-order valence-electron chi connectivity index (χ2n) is 5.05. The minimum Gasteiger partial charge on any atom is -0.497 e. The average Bonchev–Trinajstić information content (AvgIpc) is 2.67. The average molecular weight is 374 g/mol. The van der Waals surface area contributed by atoms with Crippen molar-refractivity contribution in [1.82, 2.24) is 0 Å². The van der Waals surface area contributed by atoms with Gasteiger partial charge in [0, 0.05) is 30.1 Å². The molecule has 0 aliphatic heterocycles. The number of rotatable bonds is 7. The summed E-state index contributed by atoms with van der Waals surface area (Å²) in [5.41, 5.74) is 0.513. The van der Waals surface area contributed by atoms with E-state index in [1.165, 1.54) is 45.6 Å². The molecule has 0 unspecified atom stereocenters. The first-order valence-corrected chi connectivity index (χ1v) is 8.92. The van der Waals surface area contributed by atoms with Crippen LogP contribution in [0.2, 0.25) is 0 Å². The maximum Gasteiger partial charge on any atom is 0.218 e. The second-order valence-corrected chi connectivity index (χ2v) is 6.96. The van der Waals surface area contributed by atoms with Crippen molar-refractivity contribution >= 4 is 15.5 Å². The first-order chi connectivity index (χ1) is 12.4. The summed E-state index contributed by atoms with van der Waals surface area (Å²) in [6, 6.07) is 12.5. The monoisotopic (exact) mass is 374 g/mol. The molecule has 0 amide bonds. The van der Waals surface area contributed by atoms with Crippen LogP contribution in [0.15, 0.2) is 58.5 Å². The smallest absolute Gasteiger partial charge is 0.218 e. The quantitative estimate of drug-likeness (QED) is 0.744. The van der Waals surface area contributed by atoms with Crippen molar-refractivity contribution in [3.8, 4) is 23.3 Å². The summed E-state index contributed by atoms with van der Waals surface area (Å²) in [7, 11) is 0.531. The van der Waals surface area contributed by atoms with Crippen LogP contribution < -0.4 is 19.5 Å². The third kappa shape index (κ3) is 4.26. The van der Waals surface area contributed by atoms with Gasteiger partial charge in [-0.15, -0.1) is 0 Å². The molecule has 0 bridgehead atoms. The highest BCUT2D eigenvalue weighted by molar-refractivity contribution is 7.95. The fourth-order valence-corrected chi connectivity index (χ4v) is 3.17. The van der Waals surface area contributed by atoms with Gasteiger partial charge >= 0.3 is 0 Å². The first kappa shape index (κ1) is 19.1. The Labute approximate surface area is 152 Å². The van der Waals surface area contributed by atoms with Crippen LogP contribution in [0.1, 0.15) is 0 Å². The van der Waals surface area contributed by atoms with Gasteiger partial charge in [-0.2, -0.15) is 5.26 Å². The topological polar surface area (TPSA) is 97.7 Å². The second kappa shape index (κ2) is 8.27. The van der Waals surface area contributed by atoms with E-state index in [2.05, 4.69) is 5.32 Å². The molecule has 0 fully saturated rings. The summed E-state index contributed by atoms with van der Waals surface area (Å²) in [5, 5.41) is 12.1. The number of nitriles is 1. The van der Waals surface area contributed by atoms with E-state index in [0.29, 0.717) is 22.9 Å². The minimum absolute atomic E-state index is 0.00359. The molecule has 26 heavy (non-hydrogen) atoms. The van der Waals surface area contributed by atoms with Crippen LogP contribution in [0.5, 0.6) is 17.2 Å².